The molecule has 0 saturated carbocycles. The molecular formula is C12H20N2O. The summed E-state index contributed by atoms with van der Waals surface area (Å²) in [5.74, 6) is 1.83. The number of nitrogens with two attached hydrogens (primary N) is 1. The largest absolute Gasteiger partial charge is 0.463 e. The molecule has 3 heteroatoms. The third-order valence-electron chi connectivity index (χ3n) is 2.29. The first-order chi connectivity index (χ1) is 7.26. The second kappa shape index (κ2) is 6.43. The van der Waals surface area contributed by atoms with Crippen molar-refractivity contribution in [2.24, 2.45) is 5.73 Å². The van der Waals surface area contributed by atoms with Crippen molar-refractivity contribution in [1.82, 2.24) is 4.90 Å². The van der Waals surface area contributed by atoms with Crippen LogP contribution >= 0.6 is 0 Å². The summed E-state index contributed by atoms with van der Waals surface area (Å²) in [6, 6.07) is 3.93. The Morgan fingerprint density at radius 1 is 1.47 bits per heavy atom. The zero-order valence-electron chi connectivity index (χ0n) is 9.41. The lowest BCUT2D eigenvalue weighted by molar-refractivity contribution is 0.288. The highest BCUT2D eigenvalue weighted by molar-refractivity contribution is 5.06. The van der Waals surface area contributed by atoms with E-state index in [4.69, 9.17) is 10.2 Å². The van der Waals surface area contributed by atoms with Gasteiger partial charge in [0.15, 0.2) is 0 Å². The Kier molecular flexibility index (Phi) is 5.15. The van der Waals surface area contributed by atoms with Gasteiger partial charge >= 0.3 is 0 Å². The van der Waals surface area contributed by atoms with Gasteiger partial charge in [-0.25, -0.2) is 0 Å². The van der Waals surface area contributed by atoms with Crippen LogP contribution in [-0.2, 0) is 13.1 Å². The summed E-state index contributed by atoms with van der Waals surface area (Å²) in [6.45, 7) is 6.08. The van der Waals surface area contributed by atoms with Crippen LogP contribution in [0.2, 0.25) is 0 Å². The van der Waals surface area contributed by atoms with Gasteiger partial charge in [0.05, 0.1) is 13.1 Å². The Bertz CT molecular complexity index is 294. The van der Waals surface area contributed by atoms with Gasteiger partial charge in [-0.15, -0.1) is 6.58 Å². The van der Waals surface area contributed by atoms with Gasteiger partial charge in [-0.3, -0.25) is 4.90 Å². The van der Waals surface area contributed by atoms with E-state index in [1.54, 1.807) is 0 Å². The molecule has 0 unspecified atom stereocenters. The van der Waals surface area contributed by atoms with Gasteiger partial charge in [0.1, 0.15) is 11.5 Å². The minimum Gasteiger partial charge on any atom is -0.463 e. The molecule has 3 nitrogen and oxygen atoms in total. The molecule has 0 aliphatic carbocycles. The van der Waals surface area contributed by atoms with Gasteiger partial charge in [0.25, 0.3) is 0 Å². The third-order valence-corrected chi connectivity index (χ3v) is 2.29. The molecule has 0 saturated heterocycles. The summed E-state index contributed by atoms with van der Waals surface area (Å²) >= 11 is 0. The van der Waals surface area contributed by atoms with Crippen LogP contribution in [0.4, 0.5) is 0 Å². The zero-order valence-corrected chi connectivity index (χ0v) is 9.41. The zero-order chi connectivity index (χ0) is 11.1. The number of rotatable bonds is 7. The lowest BCUT2D eigenvalue weighted by Crippen LogP contribution is -2.18. The van der Waals surface area contributed by atoms with Crippen LogP contribution in [0.3, 0.4) is 0 Å². The number of allylic oxidation sites excluding steroid dienone is 1. The molecule has 1 aromatic heterocycles. The number of unbranched alkanes of at least 4 members (excludes halogenated alkanes) is 1. The summed E-state index contributed by atoms with van der Waals surface area (Å²) in [4.78, 5) is 2.24. The summed E-state index contributed by atoms with van der Waals surface area (Å²) in [7, 11) is 2.09. The number of nitrogens with zero attached hydrogens (tertiary/aromatic N) is 1. The van der Waals surface area contributed by atoms with Crippen LogP contribution in [-0.4, -0.2) is 18.5 Å². The molecule has 1 aromatic rings. The Morgan fingerprint density at radius 2 is 2.20 bits per heavy atom. The quantitative estimate of drug-likeness (QED) is 0.551. The topological polar surface area (TPSA) is 42.4 Å². The molecule has 0 fully saturated rings. The molecule has 15 heavy (non-hydrogen) atoms. The molecule has 0 radical (unpaired) electrons. The molecule has 0 atom stereocenters. The van der Waals surface area contributed by atoms with E-state index in [-0.39, 0.29) is 0 Å². The van der Waals surface area contributed by atoms with Crippen LogP contribution in [0, 0.1) is 0 Å². The maximum atomic E-state index is 5.52. The Morgan fingerprint density at radius 3 is 2.80 bits per heavy atom. The predicted octanol–water partition coefficient (Wildman–Crippen LogP) is 2.14. The van der Waals surface area contributed by atoms with Crippen LogP contribution in [0.1, 0.15) is 24.4 Å². The first kappa shape index (κ1) is 12.0. The second-order valence-corrected chi connectivity index (χ2v) is 3.74. The summed E-state index contributed by atoms with van der Waals surface area (Å²) in [6.07, 6.45) is 4.16. The van der Waals surface area contributed by atoms with Gasteiger partial charge in [0.2, 0.25) is 0 Å². The van der Waals surface area contributed by atoms with Gasteiger partial charge in [-0.2, -0.15) is 0 Å². The van der Waals surface area contributed by atoms with Crippen LogP contribution < -0.4 is 5.73 Å². The number of hydrogen-bond donors (Lipinski definition) is 1. The highest BCUT2D eigenvalue weighted by Gasteiger charge is 2.04. The van der Waals surface area contributed by atoms with Crippen LogP contribution in [0.15, 0.2) is 29.2 Å². The summed E-state index contributed by atoms with van der Waals surface area (Å²) in [5, 5.41) is 0. The van der Waals surface area contributed by atoms with Crippen molar-refractivity contribution in [3.63, 3.8) is 0 Å². The van der Waals surface area contributed by atoms with Gasteiger partial charge in [0, 0.05) is 0 Å². The number of furan rings is 1. The van der Waals surface area contributed by atoms with E-state index >= 15 is 0 Å². The van der Waals surface area contributed by atoms with E-state index in [0.29, 0.717) is 6.54 Å². The lowest BCUT2D eigenvalue weighted by atomic mass is 10.3. The van der Waals surface area contributed by atoms with E-state index < -0.39 is 0 Å². The molecule has 1 heterocycles. The maximum Gasteiger partial charge on any atom is 0.118 e. The van der Waals surface area contributed by atoms with E-state index in [0.717, 1.165) is 37.5 Å². The monoisotopic (exact) mass is 208 g/mol. The lowest BCUT2D eigenvalue weighted by Gasteiger charge is -2.13. The molecule has 0 aromatic carbocycles. The minimum absolute atomic E-state index is 0.472. The first-order valence-electron chi connectivity index (χ1n) is 5.33. The average Bonchev–Trinajstić information content (AvgIpc) is 2.66. The number of hydrogen-bond acceptors (Lipinski definition) is 3. The fourth-order valence-electron chi connectivity index (χ4n) is 1.47. The molecule has 0 aliphatic rings. The highest BCUT2D eigenvalue weighted by atomic mass is 16.3. The third kappa shape index (κ3) is 4.32. The van der Waals surface area contributed by atoms with E-state index in [1.165, 1.54) is 0 Å². The smallest absolute Gasteiger partial charge is 0.118 e. The molecule has 84 valence electrons. The molecule has 0 aliphatic heterocycles. The molecule has 0 spiro atoms. The maximum absolute atomic E-state index is 5.52. The van der Waals surface area contributed by atoms with Crippen molar-refractivity contribution in [3.8, 4) is 0 Å². The van der Waals surface area contributed by atoms with Gasteiger partial charge < -0.3 is 10.2 Å². The molecule has 2 N–H and O–H groups in total. The normalized spacial score (nSPS) is 10.9. The Hall–Kier alpha value is -1.06. The molecule has 0 amide bonds. The van der Waals surface area contributed by atoms with Crippen molar-refractivity contribution in [2.75, 3.05) is 13.6 Å². The van der Waals surface area contributed by atoms with E-state index in [1.807, 2.05) is 18.2 Å². The van der Waals surface area contributed by atoms with Crippen molar-refractivity contribution < 1.29 is 4.42 Å². The average molecular weight is 208 g/mol. The van der Waals surface area contributed by atoms with E-state index in [9.17, 15) is 0 Å². The molecule has 1 rings (SSSR count). The second-order valence-electron chi connectivity index (χ2n) is 3.74. The molecule has 0 bridgehead atoms. The molecular weight excluding hydrogens is 188 g/mol. The fraction of sp³-hybridized carbons (Fsp3) is 0.500. The SMILES string of the molecule is C=CCCCN(C)Cc1ccc(CN)o1. The van der Waals surface area contributed by atoms with Crippen molar-refractivity contribution in [2.45, 2.75) is 25.9 Å². The Balaban J connectivity index is 2.30. The van der Waals surface area contributed by atoms with Crippen molar-refractivity contribution >= 4 is 0 Å². The summed E-state index contributed by atoms with van der Waals surface area (Å²) in [5.41, 5.74) is 5.47. The van der Waals surface area contributed by atoms with Crippen molar-refractivity contribution in [3.05, 3.63) is 36.3 Å². The first-order valence-corrected chi connectivity index (χ1v) is 5.33. The Labute approximate surface area is 91.6 Å². The van der Waals surface area contributed by atoms with Crippen LogP contribution in [0.25, 0.3) is 0 Å². The minimum atomic E-state index is 0.472. The standard InChI is InChI=1S/C12H20N2O/c1-3-4-5-8-14(2)10-12-7-6-11(9-13)15-12/h3,6-7H,1,4-5,8-10,13H2,2H3. The summed E-state index contributed by atoms with van der Waals surface area (Å²) < 4.78 is 5.52. The van der Waals surface area contributed by atoms with E-state index in [2.05, 4.69) is 18.5 Å². The predicted molar refractivity (Wildman–Crippen MR) is 62.4 cm³/mol. The fourth-order valence-corrected chi connectivity index (χ4v) is 1.47. The van der Waals surface area contributed by atoms with Gasteiger partial charge in [-0.1, -0.05) is 6.08 Å². The van der Waals surface area contributed by atoms with Crippen molar-refractivity contribution in [1.29, 1.82) is 0 Å². The highest BCUT2D eigenvalue weighted by Crippen LogP contribution is 2.09. The van der Waals surface area contributed by atoms with Gasteiger partial charge in [-0.05, 0) is 38.6 Å². The van der Waals surface area contributed by atoms with Crippen LogP contribution in [0.5, 0.6) is 0 Å².